The minimum Gasteiger partial charge on any atom is -0.330 e. The summed E-state index contributed by atoms with van der Waals surface area (Å²) in [5.41, 5.74) is 0. The third-order valence-electron chi connectivity index (χ3n) is 3.77. The van der Waals surface area contributed by atoms with Gasteiger partial charge in [-0.1, -0.05) is 12.2 Å². The van der Waals surface area contributed by atoms with Gasteiger partial charge in [-0.25, -0.2) is 4.79 Å². The first-order chi connectivity index (χ1) is 8.15. The smallest absolute Gasteiger partial charge is 0.330 e. The Kier molecular flexibility index (Phi) is 2.28. The summed E-state index contributed by atoms with van der Waals surface area (Å²) in [5.74, 6) is -0.774. The number of carbonyl (C=O) groups excluding carboxylic acids is 3. The molecular formula is C12H13NO4. The van der Waals surface area contributed by atoms with E-state index in [0.29, 0.717) is 11.0 Å². The molecule has 0 N–H and O–H groups in total. The van der Waals surface area contributed by atoms with Crippen LogP contribution >= 0.6 is 0 Å². The lowest BCUT2D eigenvalue weighted by Gasteiger charge is -2.19. The highest BCUT2D eigenvalue weighted by Gasteiger charge is 2.43. The number of hydroxylamine groups is 2. The van der Waals surface area contributed by atoms with Gasteiger partial charge in [0.1, 0.15) is 0 Å². The third-order valence-corrected chi connectivity index (χ3v) is 3.77. The number of carbonyl (C=O) groups is 3. The van der Waals surface area contributed by atoms with Gasteiger partial charge >= 0.3 is 5.97 Å². The van der Waals surface area contributed by atoms with Gasteiger partial charge < -0.3 is 4.84 Å². The highest BCUT2D eigenvalue weighted by atomic mass is 16.7. The van der Waals surface area contributed by atoms with Crippen molar-refractivity contribution in [3.63, 3.8) is 0 Å². The molecule has 1 heterocycles. The maximum Gasteiger partial charge on any atom is 0.336 e. The van der Waals surface area contributed by atoms with E-state index in [9.17, 15) is 14.4 Å². The molecule has 2 amide bonds. The summed E-state index contributed by atoms with van der Waals surface area (Å²) in [6.45, 7) is 0. The van der Waals surface area contributed by atoms with Gasteiger partial charge in [0.25, 0.3) is 11.8 Å². The van der Waals surface area contributed by atoms with E-state index in [0.717, 1.165) is 12.8 Å². The second-order valence-electron chi connectivity index (χ2n) is 4.88. The van der Waals surface area contributed by atoms with Crippen LogP contribution in [0.3, 0.4) is 0 Å². The lowest BCUT2D eigenvalue weighted by atomic mass is 9.94. The fourth-order valence-electron chi connectivity index (χ4n) is 2.87. The first kappa shape index (κ1) is 10.5. The zero-order valence-electron chi connectivity index (χ0n) is 9.30. The molecule has 0 aromatic heterocycles. The molecule has 3 atom stereocenters. The Hall–Kier alpha value is -1.65. The van der Waals surface area contributed by atoms with Gasteiger partial charge in [0.15, 0.2) is 0 Å². The minimum atomic E-state index is -0.439. The van der Waals surface area contributed by atoms with Crippen LogP contribution < -0.4 is 0 Å². The molecule has 90 valence electrons. The molecule has 0 spiro atoms. The van der Waals surface area contributed by atoms with E-state index in [4.69, 9.17) is 4.84 Å². The van der Waals surface area contributed by atoms with E-state index in [1.165, 1.54) is 0 Å². The van der Waals surface area contributed by atoms with E-state index in [2.05, 4.69) is 6.08 Å². The summed E-state index contributed by atoms with van der Waals surface area (Å²) < 4.78 is 0. The lowest BCUT2D eigenvalue weighted by Crippen LogP contribution is -2.35. The van der Waals surface area contributed by atoms with E-state index in [1.807, 2.05) is 6.08 Å². The summed E-state index contributed by atoms with van der Waals surface area (Å²) in [4.78, 5) is 39.4. The summed E-state index contributed by atoms with van der Waals surface area (Å²) in [5, 5.41) is 0.637. The SMILES string of the molecule is O=C(ON1C(=O)CCC1=O)[C@H]1CC2C=CC1C2. The standard InChI is InChI=1S/C12H13NO4/c14-10-3-4-11(15)13(10)17-12(16)9-6-7-1-2-8(9)5-7/h1-2,7-9H,3-6H2/t7?,8?,9-/m0/s1. The molecule has 2 fully saturated rings. The number of allylic oxidation sites excluding steroid dienone is 2. The molecule has 5 nitrogen and oxygen atoms in total. The maximum absolute atomic E-state index is 11.9. The predicted molar refractivity (Wildman–Crippen MR) is 56.0 cm³/mol. The first-order valence-corrected chi connectivity index (χ1v) is 5.91. The van der Waals surface area contributed by atoms with Crippen LogP contribution in [0.25, 0.3) is 0 Å². The summed E-state index contributed by atoms with van der Waals surface area (Å²) in [6, 6.07) is 0. The molecule has 1 aliphatic heterocycles. The highest BCUT2D eigenvalue weighted by Crippen LogP contribution is 2.44. The molecule has 2 aliphatic carbocycles. The van der Waals surface area contributed by atoms with E-state index in [-0.39, 0.29) is 24.7 Å². The van der Waals surface area contributed by atoms with Crippen LogP contribution in [-0.4, -0.2) is 22.8 Å². The summed E-state index contributed by atoms with van der Waals surface area (Å²) in [7, 11) is 0. The van der Waals surface area contributed by atoms with Crippen LogP contribution in [0.2, 0.25) is 0 Å². The van der Waals surface area contributed by atoms with Gasteiger partial charge in [-0.2, -0.15) is 0 Å². The Morgan fingerprint density at radius 1 is 1.18 bits per heavy atom. The monoisotopic (exact) mass is 235 g/mol. The van der Waals surface area contributed by atoms with Gasteiger partial charge in [0.2, 0.25) is 0 Å². The second kappa shape index (κ2) is 3.68. The number of hydrogen-bond donors (Lipinski definition) is 0. The minimum absolute atomic E-state index is 0.142. The maximum atomic E-state index is 11.9. The predicted octanol–water partition coefficient (Wildman–Crippen LogP) is 0.806. The Morgan fingerprint density at radius 3 is 2.41 bits per heavy atom. The fraction of sp³-hybridized carbons (Fsp3) is 0.583. The van der Waals surface area contributed by atoms with Crippen molar-refractivity contribution in [2.45, 2.75) is 25.7 Å². The largest absolute Gasteiger partial charge is 0.336 e. The number of amides is 2. The quantitative estimate of drug-likeness (QED) is 0.524. The van der Waals surface area contributed by atoms with Crippen molar-refractivity contribution in [3.8, 4) is 0 Å². The molecule has 3 aliphatic rings. The highest BCUT2D eigenvalue weighted by molar-refractivity contribution is 6.01. The lowest BCUT2D eigenvalue weighted by molar-refractivity contribution is -0.201. The van der Waals surface area contributed by atoms with Crippen molar-refractivity contribution in [1.29, 1.82) is 0 Å². The van der Waals surface area contributed by atoms with Crippen LogP contribution in [-0.2, 0) is 19.2 Å². The summed E-state index contributed by atoms with van der Waals surface area (Å²) >= 11 is 0. The fourth-order valence-corrected chi connectivity index (χ4v) is 2.87. The normalized spacial score (nSPS) is 34.8. The zero-order chi connectivity index (χ0) is 12.0. The van der Waals surface area contributed by atoms with Crippen LogP contribution in [0.4, 0.5) is 0 Å². The van der Waals surface area contributed by atoms with Gasteiger partial charge in [0.05, 0.1) is 5.92 Å². The van der Waals surface area contributed by atoms with Crippen molar-refractivity contribution in [1.82, 2.24) is 5.06 Å². The van der Waals surface area contributed by atoms with Crippen molar-refractivity contribution < 1.29 is 19.2 Å². The molecule has 17 heavy (non-hydrogen) atoms. The van der Waals surface area contributed by atoms with Crippen LogP contribution in [0, 0.1) is 17.8 Å². The summed E-state index contributed by atoms with van der Waals surface area (Å²) in [6.07, 6.45) is 6.21. The van der Waals surface area contributed by atoms with Crippen molar-refractivity contribution in [2.24, 2.45) is 17.8 Å². The van der Waals surface area contributed by atoms with E-state index < -0.39 is 17.8 Å². The second-order valence-corrected chi connectivity index (χ2v) is 4.88. The van der Waals surface area contributed by atoms with Crippen molar-refractivity contribution in [3.05, 3.63) is 12.2 Å². The molecule has 1 saturated heterocycles. The van der Waals surface area contributed by atoms with E-state index >= 15 is 0 Å². The molecule has 5 heteroatoms. The molecule has 0 aromatic carbocycles. The first-order valence-electron chi connectivity index (χ1n) is 5.91. The van der Waals surface area contributed by atoms with Gasteiger partial charge in [-0.15, -0.1) is 5.06 Å². The molecule has 1 saturated carbocycles. The number of nitrogens with zero attached hydrogens (tertiary/aromatic N) is 1. The number of fused-ring (bicyclic) bond motifs is 2. The van der Waals surface area contributed by atoms with Gasteiger partial charge in [0, 0.05) is 12.8 Å². The third kappa shape index (κ3) is 1.66. The molecule has 0 aromatic rings. The number of imide groups is 1. The molecule has 2 bridgehead atoms. The number of hydrogen-bond acceptors (Lipinski definition) is 4. The van der Waals surface area contributed by atoms with Crippen LogP contribution in [0.5, 0.6) is 0 Å². The Balaban J connectivity index is 1.66. The Morgan fingerprint density at radius 2 is 1.88 bits per heavy atom. The van der Waals surface area contributed by atoms with Gasteiger partial charge in [-0.05, 0) is 24.7 Å². The molecule has 0 radical (unpaired) electrons. The van der Waals surface area contributed by atoms with Crippen molar-refractivity contribution >= 4 is 17.8 Å². The molecule has 2 unspecified atom stereocenters. The van der Waals surface area contributed by atoms with Crippen LogP contribution in [0.1, 0.15) is 25.7 Å². The van der Waals surface area contributed by atoms with Gasteiger partial charge in [-0.3, -0.25) is 9.59 Å². The topological polar surface area (TPSA) is 63.7 Å². The average Bonchev–Trinajstić information content (AvgIpc) is 2.99. The average molecular weight is 235 g/mol. The number of rotatable bonds is 2. The van der Waals surface area contributed by atoms with E-state index in [1.54, 1.807) is 0 Å². The van der Waals surface area contributed by atoms with Crippen LogP contribution in [0.15, 0.2) is 12.2 Å². The molecular weight excluding hydrogens is 222 g/mol. The van der Waals surface area contributed by atoms with Crippen molar-refractivity contribution in [2.75, 3.05) is 0 Å². The molecule has 3 rings (SSSR count). The Labute approximate surface area is 98.4 Å². The zero-order valence-corrected chi connectivity index (χ0v) is 9.30. The Bertz CT molecular complexity index is 412.